The van der Waals surface area contributed by atoms with E-state index in [2.05, 4.69) is 69.2 Å². The molecule has 0 fully saturated rings. The van der Waals surface area contributed by atoms with E-state index in [9.17, 15) is 4.79 Å². The molecule has 6 heterocycles. The van der Waals surface area contributed by atoms with Crippen LogP contribution in [0.2, 0.25) is 0 Å². The van der Waals surface area contributed by atoms with Crippen LogP contribution < -0.4 is 4.98 Å². The predicted molar refractivity (Wildman–Crippen MR) is 216 cm³/mol. The molecule has 6 aromatic rings. The van der Waals surface area contributed by atoms with Gasteiger partial charge in [0.1, 0.15) is 0 Å². The van der Waals surface area contributed by atoms with Gasteiger partial charge in [-0.05, 0) is 91.4 Å². The Morgan fingerprint density at radius 1 is 0.755 bits per heavy atom. The van der Waals surface area contributed by atoms with Crippen LogP contribution in [0.1, 0.15) is 86.0 Å². The zero-order valence-electron chi connectivity index (χ0n) is 30.1. The molecule has 0 unspecified atom stereocenters. The van der Waals surface area contributed by atoms with E-state index in [1.54, 1.807) is 17.1 Å². The summed E-state index contributed by atoms with van der Waals surface area (Å²) in [6.45, 7) is 4.56. The molecule has 0 bridgehead atoms. The number of thiocarbonyl (C=S) groups is 1. The zero-order valence-corrected chi connectivity index (χ0v) is 33.5. The molecule has 0 spiro atoms. The molecule has 0 saturated carbocycles. The quantitative estimate of drug-likeness (QED) is 0.0469. The van der Waals surface area contributed by atoms with Crippen molar-refractivity contribution < 1.29 is 29.4 Å². The Bertz CT molecular complexity index is 1990. The molecule has 0 atom stereocenters. The number of carboxylic acids is 1. The van der Waals surface area contributed by atoms with E-state index in [0.717, 1.165) is 22.8 Å². The first kappa shape index (κ1) is 42.9. The number of carbonyl (C=O) groups is 1. The minimum Gasteiger partial charge on any atom is -0.753 e. The summed E-state index contributed by atoms with van der Waals surface area (Å²) >= 11 is 5.69. The topological polar surface area (TPSA) is 125 Å². The van der Waals surface area contributed by atoms with E-state index in [1.165, 1.54) is 104 Å². The van der Waals surface area contributed by atoms with Gasteiger partial charge in [0.05, 0.1) is 28.3 Å². The fourth-order valence-corrected chi connectivity index (χ4v) is 6.86. The van der Waals surface area contributed by atoms with Gasteiger partial charge < -0.3 is 15.5 Å². The first-order valence-corrected chi connectivity index (χ1v) is 18.9. The maximum absolute atomic E-state index is 11.0. The summed E-state index contributed by atoms with van der Waals surface area (Å²) in [5, 5.41) is 17.5. The van der Waals surface area contributed by atoms with Crippen LogP contribution in [-0.2, 0) is 32.3 Å². The molecule has 0 aliphatic rings. The third-order valence-corrected chi connectivity index (χ3v) is 9.51. The van der Waals surface area contributed by atoms with Gasteiger partial charge in [-0.25, -0.2) is 9.78 Å². The van der Waals surface area contributed by atoms with Crippen molar-refractivity contribution in [1.82, 2.24) is 24.9 Å². The van der Waals surface area contributed by atoms with Crippen molar-refractivity contribution >= 4 is 34.7 Å². The van der Waals surface area contributed by atoms with Gasteiger partial charge in [-0.15, -0.1) is 17.0 Å². The van der Waals surface area contributed by atoms with Gasteiger partial charge in [-0.3, -0.25) is 15.0 Å². The fourth-order valence-electron chi connectivity index (χ4n) is 5.61. The van der Waals surface area contributed by atoms with Crippen LogP contribution in [-0.4, -0.2) is 36.2 Å². The third kappa shape index (κ3) is 13.8. The van der Waals surface area contributed by atoms with Gasteiger partial charge in [0.2, 0.25) is 0 Å². The van der Waals surface area contributed by atoms with Crippen LogP contribution in [0.4, 0.5) is 0 Å². The molecule has 0 amide bonds. The summed E-state index contributed by atoms with van der Waals surface area (Å²) in [7, 11) is 0. The van der Waals surface area contributed by atoms with Crippen molar-refractivity contribution in [3.63, 3.8) is 0 Å². The summed E-state index contributed by atoms with van der Waals surface area (Å²) in [5.74, 6) is -0.987. The molecular weight excluding hydrogens is 786 g/mol. The minimum atomic E-state index is -0.987. The molecule has 0 aromatic carbocycles. The Balaban J connectivity index is 0.000000269. The number of pyridine rings is 4. The Morgan fingerprint density at radius 3 is 2.08 bits per heavy atom. The second-order valence-electron chi connectivity index (χ2n) is 12.1. The van der Waals surface area contributed by atoms with Gasteiger partial charge in [-0.1, -0.05) is 88.9 Å². The van der Waals surface area contributed by atoms with Gasteiger partial charge in [0.25, 0.3) is 0 Å². The molecule has 0 aliphatic carbocycles. The summed E-state index contributed by atoms with van der Waals surface area (Å²) < 4.78 is 0. The smallest absolute Gasteiger partial charge is 0.753 e. The monoisotopic (exact) mass is 830 g/mol. The second kappa shape index (κ2) is 23.9. The number of aromatic carboxylic acids is 1. The van der Waals surface area contributed by atoms with E-state index < -0.39 is 5.97 Å². The Kier molecular flexibility index (Phi) is 19.4. The van der Waals surface area contributed by atoms with Crippen molar-refractivity contribution in [2.75, 3.05) is 0 Å². The molecule has 6 aromatic heterocycles. The first-order valence-electron chi connectivity index (χ1n) is 17.7. The molecular formula is C42H44N6O2RuS2. The van der Waals surface area contributed by atoms with Crippen molar-refractivity contribution in [3.8, 4) is 44.6 Å². The van der Waals surface area contributed by atoms with Crippen LogP contribution in [0.5, 0.6) is 0 Å². The number of unbranched alkanes of at least 4 members (excludes halogenated alkanes) is 6. The van der Waals surface area contributed by atoms with E-state index in [0.29, 0.717) is 11.4 Å². The molecule has 1 N–H and O–H groups in total. The maximum atomic E-state index is 11.0. The SMILES string of the molecule is CCCCCCc1cc(CCCCCC)c(-c2ccnc(-c3ccc[n-]3)c2)s1.O=C(O)c1ccnc(-c2cccc(-c3ccccn3)n2)c1.[N-]=C=S.[Ru+2]. The van der Waals surface area contributed by atoms with Crippen molar-refractivity contribution in [2.45, 2.75) is 78.1 Å². The maximum Gasteiger partial charge on any atom is 2.00 e. The number of rotatable bonds is 15. The van der Waals surface area contributed by atoms with Crippen LogP contribution in [0, 0.1) is 0 Å². The zero-order chi connectivity index (χ0) is 37.0. The van der Waals surface area contributed by atoms with Crippen molar-refractivity contribution in [2.24, 2.45) is 0 Å². The molecule has 6 rings (SSSR count). The van der Waals surface area contributed by atoms with Gasteiger partial charge in [0, 0.05) is 34.0 Å². The van der Waals surface area contributed by atoms with Crippen LogP contribution in [0.3, 0.4) is 0 Å². The molecule has 0 radical (unpaired) electrons. The van der Waals surface area contributed by atoms with E-state index in [4.69, 9.17) is 10.5 Å². The molecule has 274 valence electrons. The van der Waals surface area contributed by atoms with Gasteiger partial charge in [0.15, 0.2) is 0 Å². The summed E-state index contributed by atoms with van der Waals surface area (Å²) in [6.07, 6.45) is 19.9. The number of thiophene rings is 1. The number of carboxylic acid groups (broad SMARTS) is 1. The summed E-state index contributed by atoms with van der Waals surface area (Å²) in [5.41, 5.74) is 7.55. The van der Waals surface area contributed by atoms with E-state index in [1.807, 2.05) is 66.2 Å². The third-order valence-electron chi connectivity index (χ3n) is 8.22. The molecule has 8 nitrogen and oxygen atoms in total. The Hall–Kier alpha value is -4.53. The van der Waals surface area contributed by atoms with Crippen LogP contribution in [0.15, 0.2) is 104 Å². The molecule has 0 aliphatic heterocycles. The summed E-state index contributed by atoms with van der Waals surface area (Å²) in [4.78, 5) is 35.9. The summed E-state index contributed by atoms with van der Waals surface area (Å²) in [6, 6.07) is 24.9. The van der Waals surface area contributed by atoms with Gasteiger partial charge in [-0.2, -0.15) is 11.4 Å². The second-order valence-corrected chi connectivity index (χ2v) is 13.4. The van der Waals surface area contributed by atoms with Crippen molar-refractivity contribution in [1.29, 1.82) is 0 Å². The molecule has 11 heteroatoms. The molecule has 0 saturated heterocycles. The number of aromatic nitrogens is 5. The average molecular weight is 830 g/mol. The van der Waals surface area contributed by atoms with Crippen LogP contribution >= 0.6 is 23.6 Å². The average Bonchev–Trinajstić information content (AvgIpc) is 3.88. The number of hydrogen-bond acceptors (Lipinski definition) is 7. The van der Waals surface area contributed by atoms with E-state index in [-0.39, 0.29) is 25.0 Å². The van der Waals surface area contributed by atoms with Crippen molar-refractivity contribution in [3.05, 3.63) is 125 Å². The minimum absolute atomic E-state index is 0. The number of aryl methyl sites for hydroxylation is 2. The van der Waals surface area contributed by atoms with Crippen LogP contribution in [0.25, 0.3) is 50.0 Å². The fraction of sp³-hybridized carbons (Fsp3) is 0.286. The number of isothiocyanates is 1. The Morgan fingerprint density at radius 2 is 1.42 bits per heavy atom. The van der Waals surface area contributed by atoms with E-state index >= 15 is 0 Å². The van der Waals surface area contributed by atoms with Gasteiger partial charge >= 0.3 is 25.4 Å². The molecule has 53 heavy (non-hydrogen) atoms. The number of hydrogen-bond donors (Lipinski definition) is 1. The standard InChI is InChI=1S/C25H33N2S.C16H11N3O2.CNS.Ru/c1-3-5-7-9-12-20-18-22(13-10-8-6-4-2)28-25(20)21-15-17-27-24(19-21)23-14-11-16-26-23;20-16(21)11-7-9-18-15(10-11)14-6-3-5-13(19-14)12-4-1-2-8-17-12;2-1-3;/h11,14-19H,3-10,12-13H2,1-2H3;1-10H,(H,20,21);;/q-1;;-1;+2. The predicted octanol–water partition coefficient (Wildman–Crippen LogP) is 11.2. The Labute approximate surface area is 334 Å². The first-order chi connectivity index (χ1) is 25.5. The normalized spacial score (nSPS) is 10.2. The largest absolute Gasteiger partial charge is 2.00 e. The number of nitrogens with zero attached hydrogens (tertiary/aromatic N) is 6.